The number of carbonyl (C=O) groups is 4. The third-order valence-electron chi connectivity index (χ3n) is 12.7. The number of likely N-dealkylation sites (tertiary alicyclic amines) is 2. The number of ether oxygens (including phenoxy) is 1. The van der Waals surface area contributed by atoms with Gasteiger partial charge in [0.05, 0.1) is 35.9 Å². The number of amides is 4. The Kier molecular flexibility index (Phi) is 11.8. The highest BCUT2D eigenvalue weighted by Gasteiger charge is 2.39. The van der Waals surface area contributed by atoms with Crippen LogP contribution in [0.15, 0.2) is 103 Å². The van der Waals surface area contributed by atoms with Gasteiger partial charge in [0.2, 0.25) is 17.7 Å². The summed E-state index contributed by atoms with van der Waals surface area (Å²) in [5, 5.41) is 16.9. The van der Waals surface area contributed by atoms with E-state index >= 15 is 0 Å². The van der Waals surface area contributed by atoms with E-state index in [1.54, 1.807) is 11.1 Å². The summed E-state index contributed by atoms with van der Waals surface area (Å²) in [5.74, 6) is 0.581. The highest BCUT2D eigenvalue weighted by molar-refractivity contribution is 5.92. The van der Waals surface area contributed by atoms with E-state index in [2.05, 4.69) is 86.2 Å². The van der Waals surface area contributed by atoms with Crippen molar-refractivity contribution in [2.24, 2.45) is 5.92 Å². The van der Waals surface area contributed by atoms with Gasteiger partial charge in [0, 0.05) is 25.3 Å². The number of rotatable bonds is 12. The number of H-pyrrole nitrogens is 2. The molecule has 14 nitrogen and oxygen atoms in total. The smallest absolute Gasteiger partial charge is 0.405 e. The monoisotopic (exact) mass is 848 g/mol. The van der Waals surface area contributed by atoms with E-state index in [0.29, 0.717) is 31.9 Å². The minimum Gasteiger partial charge on any atom is -0.465 e. The Labute approximate surface area is 365 Å². The van der Waals surface area contributed by atoms with Gasteiger partial charge < -0.3 is 40.2 Å². The summed E-state index contributed by atoms with van der Waals surface area (Å²) in [4.78, 5) is 72.2. The summed E-state index contributed by atoms with van der Waals surface area (Å²) < 4.78 is 5.62. The molecule has 324 valence electrons. The predicted molar refractivity (Wildman–Crippen MR) is 238 cm³/mol. The Morgan fingerprint density at radius 1 is 0.683 bits per heavy atom. The lowest BCUT2D eigenvalue weighted by Gasteiger charge is -2.29. The number of hydrogen-bond donors (Lipinski definition) is 5. The van der Waals surface area contributed by atoms with Gasteiger partial charge in [0.25, 0.3) is 0 Å². The summed E-state index contributed by atoms with van der Waals surface area (Å²) >= 11 is 0. The Morgan fingerprint density at radius 3 is 1.86 bits per heavy atom. The molecular formula is C49H52N8O6. The Hall–Kier alpha value is -6.80. The van der Waals surface area contributed by atoms with Crippen molar-refractivity contribution in [2.75, 3.05) is 19.7 Å². The number of carbonyl (C=O) groups excluding carboxylic acids is 3. The van der Waals surface area contributed by atoms with Crippen LogP contribution in [0, 0.1) is 5.92 Å². The van der Waals surface area contributed by atoms with Gasteiger partial charge in [0.1, 0.15) is 29.8 Å². The third kappa shape index (κ3) is 8.67. The van der Waals surface area contributed by atoms with Crippen molar-refractivity contribution in [3.05, 3.63) is 121 Å². The molecule has 0 bridgehead atoms. The van der Waals surface area contributed by atoms with Crippen LogP contribution < -0.4 is 10.6 Å². The molecule has 4 amide bonds. The molecule has 5 atom stereocenters. The number of carboxylic acid groups (broad SMARTS) is 1. The van der Waals surface area contributed by atoms with Crippen LogP contribution in [0.1, 0.15) is 87.7 Å². The molecule has 0 aliphatic carbocycles. The van der Waals surface area contributed by atoms with Gasteiger partial charge in [-0.3, -0.25) is 14.4 Å². The lowest BCUT2D eigenvalue weighted by molar-refractivity contribution is -0.140. The quantitative estimate of drug-likeness (QED) is 0.0822. The van der Waals surface area contributed by atoms with Crippen molar-refractivity contribution in [3.8, 4) is 33.6 Å². The summed E-state index contributed by atoms with van der Waals surface area (Å²) in [6.45, 7) is 5.34. The number of aromatic nitrogens is 4. The van der Waals surface area contributed by atoms with Crippen molar-refractivity contribution in [2.45, 2.75) is 82.6 Å². The first-order valence-corrected chi connectivity index (χ1v) is 21.9. The molecule has 14 heteroatoms. The number of imidazole rings is 2. The van der Waals surface area contributed by atoms with E-state index in [4.69, 9.17) is 9.72 Å². The van der Waals surface area contributed by atoms with Gasteiger partial charge in [-0.2, -0.15) is 0 Å². The molecule has 3 aliphatic heterocycles. The molecule has 0 spiro atoms. The molecule has 9 rings (SSSR count). The van der Waals surface area contributed by atoms with Crippen LogP contribution in [0.4, 0.5) is 4.79 Å². The predicted octanol–water partition coefficient (Wildman–Crippen LogP) is 7.94. The molecule has 2 aromatic heterocycles. The van der Waals surface area contributed by atoms with Crippen LogP contribution in [0.25, 0.3) is 44.4 Å². The van der Waals surface area contributed by atoms with Crippen LogP contribution in [0.3, 0.4) is 0 Å². The maximum Gasteiger partial charge on any atom is 0.405 e. The fourth-order valence-electron chi connectivity index (χ4n) is 9.31. The van der Waals surface area contributed by atoms with Gasteiger partial charge in [-0.25, -0.2) is 14.8 Å². The van der Waals surface area contributed by atoms with Crippen LogP contribution in [0.2, 0.25) is 0 Å². The number of nitrogens with zero attached hydrogens (tertiary/aromatic N) is 4. The van der Waals surface area contributed by atoms with Gasteiger partial charge in [0.15, 0.2) is 0 Å². The van der Waals surface area contributed by atoms with E-state index < -0.39 is 24.3 Å². The van der Waals surface area contributed by atoms with Crippen molar-refractivity contribution < 1.29 is 29.0 Å². The Bertz CT molecular complexity index is 2620. The number of fused-ring (bicyclic) bond motifs is 1. The number of hydrogen-bond acceptors (Lipinski definition) is 7. The second kappa shape index (κ2) is 17.9. The van der Waals surface area contributed by atoms with Crippen LogP contribution in [0.5, 0.6) is 0 Å². The van der Waals surface area contributed by atoms with Gasteiger partial charge in [-0.05, 0) is 89.6 Å². The van der Waals surface area contributed by atoms with Gasteiger partial charge >= 0.3 is 6.09 Å². The largest absolute Gasteiger partial charge is 0.465 e. The van der Waals surface area contributed by atoms with E-state index in [9.17, 15) is 24.3 Å². The molecule has 0 radical (unpaired) electrons. The molecule has 3 fully saturated rings. The van der Waals surface area contributed by atoms with Crippen LogP contribution in [-0.2, 0) is 19.1 Å². The molecule has 5 heterocycles. The van der Waals surface area contributed by atoms with Crippen LogP contribution >= 0.6 is 0 Å². The highest BCUT2D eigenvalue weighted by Crippen LogP contribution is 2.36. The van der Waals surface area contributed by atoms with Crippen molar-refractivity contribution in [3.63, 3.8) is 0 Å². The molecule has 0 unspecified atom stereocenters. The van der Waals surface area contributed by atoms with Gasteiger partial charge in [-0.1, -0.05) is 92.7 Å². The van der Waals surface area contributed by atoms with E-state index in [1.165, 1.54) is 0 Å². The molecule has 6 aromatic rings. The number of benzene rings is 4. The molecule has 0 saturated carbocycles. The average Bonchev–Trinajstić information content (AvgIpc) is 4.16. The first-order valence-electron chi connectivity index (χ1n) is 21.9. The minimum absolute atomic E-state index is 0.158. The molecule has 5 N–H and O–H groups in total. The average molecular weight is 849 g/mol. The van der Waals surface area contributed by atoms with Crippen molar-refractivity contribution in [1.82, 2.24) is 40.4 Å². The fourth-order valence-corrected chi connectivity index (χ4v) is 9.31. The standard InChI is InChI=1S/C49H52N8O6/c1-29(2)42(55-49(61)62)47(59)56-22-6-11-39(56)45-51-28-38(53-45)36-21-20-34-25-33(18-19-35(34)26-36)30-14-16-31(17-15-30)37-27-50-44(52-37)40-12-7-23-57(40)48(60)43(32-9-4-3-5-10-32)54-46(58)41-13-8-24-63-41/h3-5,9-10,14-21,25-29,39-43,55H,6-8,11-13,22-24H2,1-2H3,(H,50,52)(H,51,53)(H,54,58)(H,61,62)/t39-,40-,41+,42-,43+/m0/s1. The topological polar surface area (TPSA) is 186 Å². The molecule has 63 heavy (non-hydrogen) atoms. The number of aromatic amines is 2. The SMILES string of the molecule is CC(C)[C@H](NC(=O)O)C(=O)N1CCC[C@H]1c1ncc(-c2ccc3cc(-c4ccc(-c5cnc([C@@H]6CCCN6C(=O)[C@H](NC(=O)[C@H]6CCCO6)c6ccccc6)[nH]5)cc4)ccc3c2)[nH]1. The zero-order valence-corrected chi connectivity index (χ0v) is 35.4. The summed E-state index contributed by atoms with van der Waals surface area (Å²) in [7, 11) is 0. The lowest BCUT2D eigenvalue weighted by atomic mass is 9.98. The Morgan fingerprint density at radius 2 is 1.25 bits per heavy atom. The first kappa shape index (κ1) is 41.5. The third-order valence-corrected chi connectivity index (χ3v) is 12.7. The summed E-state index contributed by atoms with van der Waals surface area (Å²) in [5.41, 5.74) is 6.54. The van der Waals surface area contributed by atoms with E-state index in [1.807, 2.05) is 55.3 Å². The highest BCUT2D eigenvalue weighted by atomic mass is 16.5. The minimum atomic E-state index is -1.21. The molecular weight excluding hydrogens is 797 g/mol. The maximum absolute atomic E-state index is 14.2. The van der Waals surface area contributed by atoms with E-state index in [0.717, 1.165) is 87.9 Å². The fraction of sp³-hybridized carbons (Fsp3) is 0.347. The first-order chi connectivity index (χ1) is 30.6. The normalized spacial score (nSPS) is 19.7. The summed E-state index contributed by atoms with van der Waals surface area (Å²) in [6.07, 6.45) is 6.50. The number of nitrogens with one attached hydrogen (secondary N) is 4. The Balaban J connectivity index is 0.870. The molecule has 3 saturated heterocycles. The maximum atomic E-state index is 14.2. The second-order valence-corrected chi connectivity index (χ2v) is 17.1. The molecule has 4 aromatic carbocycles. The van der Waals surface area contributed by atoms with Crippen molar-refractivity contribution >= 4 is 34.6 Å². The van der Waals surface area contributed by atoms with E-state index in [-0.39, 0.29) is 35.7 Å². The zero-order chi connectivity index (χ0) is 43.6. The van der Waals surface area contributed by atoms with Crippen LogP contribution in [-0.4, -0.2) is 90.5 Å². The van der Waals surface area contributed by atoms with Crippen molar-refractivity contribution in [1.29, 1.82) is 0 Å². The second-order valence-electron chi connectivity index (χ2n) is 17.1. The van der Waals surface area contributed by atoms with Gasteiger partial charge in [-0.15, -0.1) is 0 Å². The summed E-state index contributed by atoms with van der Waals surface area (Å²) in [6, 6.07) is 28.3. The zero-order valence-electron chi connectivity index (χ0n) is 35.4. The molecule has 3 aliphatic rings. The lowest BCUT2D eigenvalue weighted by Crippen LogP contribution is -2.50.